The molecule has 0 fully saturated rings. The summed E-state index contributed by atoms with van der Waals surface area (Å²) in [6.45, 7) is 3.80. The van der Waals surface area contributed by atoms with E-state index in [2.05, 4.69) is 38.1 Å². The van der Waals surface area contributed by atoms with Crippen molar-refractivity contribution in [1.29, 1.82) is 0 Å². The van der Waals surface area contributed by atoms with E-state index in [4.69, 9.17) is 4.74 Å². The highest BCUT2D eigenvalue weighted by Gasteiger charge is 2.04. The zero-order chi connectivity index (χ0) is 11.8. The minimum atomic E-state index is 0.747. The molecule has 1 aromatic rings. The summed E-state index contributed by atoms with van der Waals surface area (Å²) in [7, 11) is 1.71. The maximum absolute atomic E-state index is 5.00. The fourth-order valence-corrected chi connectivity index (χ4v) is 1.60. The van der Waals surface area contributed by atoms with Gasteiger partial charge in [-0.25, -0.2) is 9.97 Å². The molecule has 0 aliphatic carbocycles. The summed E-state index contributed by atoms with van der Waals surface area (Å²) >= 11 is 3.43. The number of nitrogens with one attached hydrogen (secondary N) is 1. The van der Waals surface area contributed by atoms with Crippen LogP contribution in [0.2, 0.25) is 0 Å². The van der Waals surface area contributed by atoms with Crippen LogP contribution in [0.25, 0.3) is 0 Å². The van der Waals surface area contributed by atoms with Gasteiger partial charge in [-0.3, -0.25) is 0 Å². The lowest BCUT2D eigenvalue weighted by molar-refractivity contribution is 0.194. The van der Waals surface area contributed by atoms with Gasteiger partial charge in [0, 0.05) is 32.9 Å². The topological polar surface area (TPSA) is 47.0 Å². The van der Waals surface area contributed by atoms with E-state index in [0.29, 0.717) is 0 Å². The molecule has 4 nitrogen and oxygen atoms in total. The van der Waals surface area contributed by atoms with Crippen molar-refractivity contribution in [3.63, 3.8) is 0 Å². The molecule has 0 saturated heterocycles. The molecular formula is C11H18BrN3O. The van der Waals surface area contributed by atoms with Gasteiger partial charge in [-0.15, -0.1) is 0 Å². The summed E-state index contributed by atoms with van der Waals surface area (Å²) < 4.78 is 5.92. The fraction of sp³-hybridized carbons (Fsp3) is 0.636. The number of aryl methyl sites for hydroxylation is 1. The first-order chi connectivity index (χ1) is 7.77. The van der Waals surface area contributed by atoms with E-state index >= 15 is 0 Å². The molecule has 0 saturated carbocycles. The lowest BCUT2D eigenvalue weighted by atomic mass is 10.3. The predicted octanol–water partition coefficient (Wildman–Crippen LogP) is 2.64. The van der Waals surface area contributed by atoms with Crippen molar-refractivity contribution in [2.45, 2.75) is 26.2 Å². The highest BCUT2D eigenvalue weighted by Crippen LogP contribution is 2.18. The van der Waals surface area contributed by atoms with Gasteiger partial charge in [-0.05, 0) is 28.8 Å². The molecule has 1 N–H and O–H groups in total. The number of anilines is 1. The first-order valence-corrected chi connectivity index (χ1v) is 6.31. The molecule has 0 aliphatic rings. The number of halogens is 1. The number of hydrogen-bond acceptors (Lipinski definition) is 4. The summed E-state index contributed by atoms with van der Waals surface area (Å²) in [5, 5.41) is 3.26. The molecule has 0 spiro atoms. The zero-order valence-corrected chi connectivity index (χ0v) is 11.4. The van der Waals surface area contributed by atoms with Crippen LogP contribution in [-0.4, -0.2) is 30.2 Å². The third-order valence-corrected chi connectivity index (χ3v) is 2.67. The third kappa shape index (κ3) is 4.45. The lowest BCUT2D eigenvalue weighted by Crippen LogP contribution is -2.06. The molecule has 1 rings (SSSR count). The summed E-state index contributed by atoms with van der Waals surface area (Å²) in [5.41, 5.74) is 0. The van der Waals surface area contributed by atoms with E-state index in [0.717, 1.165) is 48.5 Å². The van der Waals surface area contributed by atoms with Crippen LogP contribution in [-0.2, 0) is 11.2 Å². The minimum absolute atomic E-state index is 0.747. The Hall–Kier alpha value is -0.680. The van der Waals surface area contributed by atoms with Crippen molar-refractivity contribution in [2.24, 2.45) is 0 Å². The van der Waals surface area contributed by atoms with Crippen LogP contribution >= 0.6 is 15.9 Å². The standard InChI is InChI=1S/C11H18BrN3O/c1-3-6-13-11-9(12)8-14-10(15-11)5-4-7-16-2/h8H,3-7H2,1-2H3,(H,13,14,15). The highest BCUT2D eigenvalue weighted by molar-refractivity contribution is 9.10. The first-order valence-electron chi connectivity index (χ1n) is 5.52. The Kier molecular flexibility index (Phi) is 6.33. The quantitative estimate of drug-likeness (QED) is 0.784. The Morgan fingerprint density at radius 2 is 2.31 bits per heavy atom. The molecule has 0 amide bonds. The number of hydrogen-bond donors (Lipinski definition) is 1. The maximum atomic E-state index is 5.00. The Morgan fingerprint density at radius 1 is 1.50 bits per heavy atom. The summed E-state index contributed by atoms with van der Waals surface area (Å²) in [5.74, 6) is 1.74. The molecule has 0 bridgehead atoms. The molecule has 1 aromatic heterocycles. The summed E-state index contributed by atoms with van der Waals surface area (Å²) in [6.07, 6.45) is 4.68. The second-order valence-electron chi connectivity index (χ2n) is 3.51. The number of nitrogens with zero attached hydrogens (tertiary/aromatic N) is 2. The molecule has 0 aromatic carbocycles. The maximum Gasteiger partial charge on any atom is 0.144 e. The van der Waals surface area contributed by atoms with E-state index < -0.39 is 0 Å². The van der Waals surface area contributed by atoms with Crippen LogP contribution in [0, 0.1) is 0 Å². The lowest BCUT2D eigenvalue weighted by Gasteiger charge is -2.07. The largest absolute Gasteiger partial charge is 0.385 e. The van der Waals surface area contributed by atoms with Gasteiger partial charge in [0.15, 0.2) is 0 Å². The third-order valence-electron chi connectivity index (χ3n) is 2.09. The van der Waals surface area contributed by atoms with Gasteiger partial charge in [0.2, 0.25) is 0 Å². The second kappa shape index (κ2) is 7.57. The van der Waals surface area contributed by atoms with E-state index in [-0.39, 0.29) is 0 Å². The first kappa shape index (κ1) is 13.4. The molecule has 0 unspecified atom stereocenters. The molecule has 1 heterocycles. The van der Waals surface area contributed by atoms with Crippen LogP contribution in [0.1, 0.15) is 25.6 Å². The second-order valence-corrected chi connectivity index (χ2v) is 4.36. The normalized spacial score (nSPS) is 10.4. The summed E-state index contributed by atoms with van der Waals surface area (Å²) in [6, 6.07) is 0. The van der Waals surface area contributed by atoms with E-state index in [1.165, 1.54) is 0 Å². The monoisotopic (exact) mass is 287 g/mol. The Labute approximate surface area is 105 Å². The van der Waals surface area contributed by atoms with Gasteiger partial charge in [0.25, 0.3) is 0 Å². The molecule has 0 atom stereocenters. The van der Waals surface area contributed by atoms with Crippen LogP contribution in [0.3, 0.4) is 0 Å². The average molecular weight is 288 g/mol. The van der Waals surface area contributed by atoms with Crippen molar-refractivity contribution in [3.05, 3.63) is 16.5 Å². The predicted molar refractivity (Wildman–Crippen MR) is 68.7 cm³/mol. The van der Waals surface area contributed by atoms with Crippen molar-refractivity contribution in [1.82, 2.24) is 9.97 Å². The minimum Gasteiger partial charge on any atom is -0.385 e. The zero-order valence-electron chi connectivity index (χ0n) is 9.79. The molecule has 16 heavy (non-hydrogen) atoms. The molecule has 0 aliphatic heterocycles. The van der Waals surface area contributed by atoms with Crippen LogP contribution < -0.4 is 5.32 Å². The smallest absolute Gasteiger partial charge is 0.144 e. The Bertz CT molecular complexity index is 320. The average Bonchev–Trinajstić information content (AvgIpc) is 2.30. The number of ether oxygens (including phenoxy) is 1. The molecule has 0 radical (unpaired) electrons. The molecule has 5 heteroatoms. The van der Waals surface area contributed by atoms with Gasteiger partial charge in [0.05, 0.1) is 4.47 Å². The SMILES string of the molecule is CCCNc1nc(CCCOC)ncc1Br. The Morgan fingerprint density at radius 3 is 3.00 bits per heavy atom. The van der Waals surface area contributed by atoms with Gasteiger partial charge in [-0.1, -0.05) is 6.92 Å². The van der Waals surface area contributed by atoms with Crippen molar-refractivity contribution in [3.8, 4) is 0 Å². The molecule has 90 valence electrons. The highest BCUT2D eigenvalue weighted by atomic mass is 79.9. The van der Waals surface area contributed by atoms with Gasteiger partial charge in [-0.2, -0.15) is 0 Å². The van der Waals surface area contributed by atoms with Crippen molar-refractivity contribution >= 4 is 21.7 Å². The van der Waals surface area contributed by atoms with Crippen molar-refractivity contribution in [2.75, 3.05) is 25.6 Å². The van der Waals surface area contributed by atoms with E-state index in [1.807, 2.05) is 0 Å². The number of aromatic nitrogens is 2. The Balaban J connectivity index is 2.58. The van der Waals surface area contributed by atoms with Gasteiger partial charge in [0.1, 0.15) is 11.6 Å². The fourth-order valence-electron chi connectivity index (χ4n) is 1.27. The van der Waals surface area contributed by atoms with Crippen LogP contribution in [0.5, 0.6) is 0 Å². The van der Waals surface area contributed by atoms with E-state index in [9.17, 15) is 0 Å². The number of methoxy groups -OCH3 is 1. The number of rotatable bonds is 7. The summed E-state index contributed by atoms with van der Waals surface area (Å²) in [4.78, 5) is 8.72. The van der Waals surface area contributed by atoms with Gasteiger partial charge < -0.3 is 10.1 Å². The van der Waals surface area contributed by atoms with Gasteiger partial charge >= 0.3 is 0 Å². The van der Waals surface area contributed by atoms with Crippen molar-refractivity contribution < 1.29 is 4.74 Å². The van der Waals surface area contributed by atoms with E-state index in [1.54, 1.807) is 13.3 Å². The van der Waals surface area contributed by atoms with Crippen LogP contribution in [0.4, 0.5) is 5.82 Å². The molecular weight excluding hydrogens is 270 g/mol. The van der Waals surface area contributed by atoms with Crippen LogP contribution in [0.15, 0.2) is 10.7 Å².